The lowest BCUT2D eigenvalue weighted by Crippen LogP contribution is -2.53. The minimum absolute atomic E-state index is 0.0186. The number of carbonyl (C=O) groups excluding carboxylic acids is 1. The van der Waals surface area contributed by atoms with Crippen molar-refractivity contribution < 1.29 is 4.79 Å². The molecule has 6 nitrogen and oxygen atoms in total. The molecule has 2 heterocycles. The molecule has 0 aromatic carbocycles. The van der Waals surface area contributed by atoms with Crippen LogP contribution < -0.4 is 5.73 Å². The summed E-state index contributed by atoms with van der Waals surface area (Å²) < 4.78 is 0. The summed E-state index contributed by atoms with van der Waals surface area (Å²) in [5.74, 6) is 0.0186. The van der Waals surface area contributed by atoms with Crippen LogP contribution in [0.5, 0.6) is 0 Å². The zero-order valence-corrected chi connectivity index (χ0v) is 12.0. The molecule has 2 N–H and O–H groups in total. The van der Waals surface area contributed by atoms with Gasteiger partial charge in [-0.1, -0.05) is 13.3 Å². The van der Waals surface area contributed by atoms with Crippen molar-refractivity contribution in [2.45, 2.75) is 25.8 Å². The van der Waals surface area contributed by atoms with Gasteiger partial charge in [0, 0.05) is 51.2 Å². The standard InChI is InChI=1S/C14H23N5O/c1-2-3-13(8-15)18-4-6-19(7-5-18)14(20)12-9-16-11-17-10-12/h9-11,13H,2-8,15H2,1H3. The van der Waals surface area contributed by atoms with Crippen molar-refractivity contribution >= 4 is 5.91 Å². The van der Waals surface area contributed by atoms with E-state index in [0.29, 0.717) is 18.2 Å². The smallest absolute Gasteiger partial charge is 0.257 e. The molecule has 1 aromatic rings. The molecule has 0 aliphatic carbocycles. The van der Waals surface area contributed by atoms with Gasteiger partial charge in [0.05, 0.1) is 5.56 Å². The van der Waals surface area contributed by atoms with Crippen molar-refractivity contribution in [3.63, 3.8) is 0 Å². The van der Waals surface area contributed by atoms with Gasteiger partial charge in [0.15, 0.2) is 0 Å². The largest absolute Gasteiger partial charge is 0.336 e. The fourth-order valence-electron chi connectivity index (χ4n) is 2.66. The topological polar surface area (TPSA) is 75.3 Å². The van der Waals surface area contributed by atoms with E-state index in [9.17, 15) is 4.79 Å². The van der Waals surface area contributed by atoms with E-state index in [1.165, 1.54) is 6.33 Å². The number of nitrogens with two attached hydrogens (primary N) is 1. The molecule has 0 saturated carbocycles. The van der Waals surface area contributed by atoms with Gasteiger partial charge in [-0.15, -0.1) is 0 Å². The van der Waals surface area contributed by atoms with Crippen molar-refractivity contribution in [2.24, 2.45) is 5.73 Å². The monoisotopic (exact) mass is 277 g/mol. The lowest BCUT2D eigenvalue weighted by molar-refractivity contribution is 0.0565. The maximum atomic E-state index is 12.3. The Morgan fingerprint density at radius 3 is 2.50 bits per heavy atom. The van der Waals surface area contributed by atoms with Gasteiger partial charge in [-0.3, -0.25) is 9.69 Å². The molecular weight excluding hydrogens is 254 g/mol. The molecule has 1 atom stereocenters. The molecule has 20 heavy (non-hydrogen) atoms. The molecule has 2 rings (SSSR count). The zero-order chi connectivity index (χ0) is 14.4. The van der Waals surface area contributed by atoms with E-state index in [1.807, 2.05) is 4.90 Å². The molecular formula is C14H23N5O. The molecule has 1 unspecified atom stereocenters. The number of rotatable bonds is 5. The minimum Gasteiger partial charge on any atom is -0.336 e. The Hall–Kier alpha value is -1.53. The van der Waals surface area contributed by atoms with Gasteiger partial charge in [0.2, 0.25) is 0 Å². The molecule has 0 bridgehead atoms. The molecule has 1 aliphatic rings. The average molecular weight is 277 g/mol. The van der Waals surface area contributed by atoms with Crippen LogP contribution in [0, 0.1) is 0 Å². The lowest BCUT2D eigenvalue weighted by atomic mass is 10.1. The third kappa shape index (κ3) is 3.52. The van der Waals surface area contributed by atoms with Crippen LogP contribution in [0.2, 0.25) is 0 Å². The van der Waals surface area contributed by atoms with Crippen molar-refractivity contribution in [1.82, 2.24) is 19.8 Å². The van der Waals surface area contributed by atoms with Gasteiger partial charge in [0.25, 0.3) is 5.91 Å². The zero-order valence-electron chi connectivity index (χ0n) is 12.0. The van der Waals surface area contributed by atoms with Gasteiger partial charge in [-0.2, -0.15) is 0 Å². The molecule has 1 fully saturated rings. The third-order valence-corrected chi connectivity index (χ3v) is 3.82. The highest BCUT2D eigenvalue weighted by Gasteiger charge is 2.25. The first-order chi connectivity index (χ1) is 9.76. The van der Waals surface area contributed by atoms with Gasteiger partial charge in [0.1, 0.15) is 6.33 Å². The first kappa shape index (κ1) is 14.9. The SMILES string of the molecule is CCCC(CN)N1CCN(C(=O)c2cncnc2)CC1. The Morgan fingerprint density at radius 2 is 1.95 bits per heavy atom. The van der Waals surface area contributed by atoms with Crippen molar-refractivity contribution in [3.05, 3.63) is 24.3 Å². The molecule has 1 amide bonds. The first-order valence-electron chi connectivity index (χ1n) is 7.24. The number of carbonyl (C=O) groups is 1. The number of hydrogen-bond donors (Lipinski definition) is 1. The summed E-state index contributed by atoms with van der Waals surface area (Å²) in [5, 5.41) is 0. The average Bonchev–Trinajstić information content (AvgIpc) is 2.53. The number of nitrogens with zero attached hydrogens (tertiary/aromatic N) is 4. The molecule has 0 spiro atoms. The quantitative estimate of drug-likeness (QED) is 0.841. The van der Waals surface area contributed by atoms with Crippen LogP contribution >= 0.6 is 0 Å². The number of hydrogen-bond acceptors (Lipinski definition) is 5. The van der Waals surface area contributed by atoms with E-state index in [2.05, 4.69) is 21.8 Å². The molecule has 0 radical (unpaired) electrons. The number of piperazine rings is 1. The summed E-state index contributed by atoms with van der Waals surface area (Å²) >= 11 is 0. The van der Waals surface area contributed by atoms with Gasteiger partial charge in [-0.25, -0.2) is 9.97 Å². The van der Waals surface area contributed by atoms with Crippen LogP contribution in [0.4, 0.5) is 0 Å². The van der Waals surface area contributed by atoms with Gasteiger partial charge < -0.3 is 10.6 Å². The molecule has 110 valence electrons. The molecule has 1 aliphatic heterocycles. The van der Waals surface area contributed by atoms with E-state index < -0.39 is 0 Å². The van der Waals surface area contributed by atoms with E-state index >= 15 is 0 Å². The third-order valence-electron chi connectivity index (χ3n) is 3.82. The van der Waals surface area contributed by atoms with Crippen LogP contribution in [0.25, 0.3) is 0 Å². The van der Waals surface area contributed by atoms with Gasteiger partial charge >= 0.3 is 0 Å². The van der Waals surface area contributed by atoms with Crippen LogP contribution in [0.15, 0.2) is 18.7 Å². The molecule has 1 saturated heterocycles. The van der Waals surface area contributed by atoms with Crippen molar-refractivity contribution in [1.29, 1.82) is 0 Å². The predicted molar refractivity (Wildman–Crippen MR) is 77.3 cm³/mol. The van der Waals surface area contributed by atoms with Gasteiger partial charge in [-0.05, 0) is 6.42 Å². The van der Waals surface area contributed by atoms with E-state index in [1.54, 1.807) is 12.4 Å². The number of amides is 1. The Morgan fingerprint density at radius 1 is 1.30 bits per heavy atom. The highest BCUT2D eigenvalue weighted by Crippen LogP contribution is 2.12. The van der Waals surface area contributed by atoms with Crippen molar-refractivity contribution in [2.75, 3.05) is 32.7 Å². The summed E-state index contributed by atoms with van der Waals surface area (Å²) in [6.07, 6.45) is 6.84. The summed E-state index contributed by atoms with van der Waals surface area (Å²) in [6, 6.07) is 0.442. The Labute approximate surface area is 120 Å². The maximum absolute atomic E-state index is 12.3. The summed E-state index contributed by atoms with van der Waals surface area (Å²) in [5.41, 5.74) is 6.40. The normalized spacial score (nSPS) is 18.0. The van der Waals surface area contributed by atoms with E-state index in [4.69, 9.17) is 5.73 Å². The summed E-state index contributed by atoms with van der Waals surface area (Å²) in [6.45, 7) is 6.14. The highest BCUT2D eigenvalue weighted by atomic mass is 16.2. The van der Waals surface area contributed by atoms with Crippen LogP contribution in [-0.2, 0) is 0 Å². The van der Waals surface area contributed by atoms with Crippen LogP contribution in [-0.4, -0.2) is 64.4 Å². The second kappa shape index (κ2) is 7.31. The lowest BCUT2D eigenvalue weighted by Gasteiger charge is -2.39. The predicted octanol–water partition coefficient (Wildman–Crippen LogP) is 0.362. The summed E-state index contributed by atoms with van der Waals surface area (Å²) in [7, 11) is 0. The Bertz CT molecular complexity index is 417. The number of aromatic nitrogens is 2. The second-order valence-electron chi connectivity index (χ2n) is 5.13. The van der Waals surface area contributed by atoms with E-state index in [0.717, 1.165) is 39.0 Å². The summed E-state index contributed by atoms with van der Waals surface area (Å²) in [4.78, 5) is 24.3. The second-order valence-corrected chi connectivity index (χ2v) is 5.13. The maximum Gasteiger partial charge on any atom is 0.257 e. The van der Waals surface area contributed by atoms with Crippen LogP contribution in [0.3, 0.4) is 0 Å². The van der Waals surface area contributed by atoms with Crippen molar-refractivity contribution in [3.8, 4) is 0 Å². The minimum atomic E-state index is 0.0186. The Kier molecular flexibility index (Phi) is 5.43. The molecule has 6 heteroatoms. The van der Waals surface area contributed by atoms with E-state index in [-0.39, 0.29) is 5.91 Å². The molecule has 1 aromatic heterocycles. The van der Waals surface area contributed by atoms with Crippen LogP contribution in [0.1, 0.15) is 30.1 Å². The fourth-order valence-corrected chi connectivity index (χ4v) is 2.66. The highest BCUT2D eigenvalue weighted by molar-refractivity contribution is 5.93. The first-order valence-corrected chi connectivity index (χ1v) is 7.24. The Balaban J connectivity index is 1.89. The fraction of sp³-hybridized carbons (Fsp3) is 0.643.